The second-order valence-corrected chi connectivity index (χ2v) is 7.40. The van der Waals surface area contributed by atoms with Gasteiger partial charge in [-0.2, -0.15) is 0 Å². The van der Waals surface area contributed by atoms with Gasteiger partial charge in [0.15, 0.2) is 5.78 Å². The summed E-state index contributed by atoms with van der Waals surface area (Å²) >= 11 is 0. The number of hydrogen-bond donors (Lipinski definition) is 1. The number of carbonyl (C=O) groups is 1. The van der Waals surface area contributed by atoms with Gasteiger partial charge in [-0.1, -0.05) is 72.1 Å². The van der Waals surface area contributed by atoms with E-state index in [1.807, 2.05) is 6.07 Å². The molecule has 4 aromatic carbocycles. The second-order valence-electron chi connectivity index (χ2n) is 7.40. The van der Waals surface area contributed by atoms with E-state index in [0.717, 1.165) is 16.8 Å². The minimum atomic E-state index is -0.125. The summed E-state index contributed by atoms with van der Waals surface area (Å²) in [6.07, 6.45) is 1.17. The average molecular weight is 597 g/mol. The molecule has 0 aliphatic carbocycles. The average Bonchev–Trinajstić information content (AvgIpc) is 2.78. The second kappa shape index (κ2) is 10.3. The van der Waals surface area contributed by atoms with Crippen LogP contribution in [0.4, 0.5) is 0 Å². The number of benzene rings is 4. The van der Waals surface area contributed by atoms with Gasteiger partial charge in [0.05, 0.1) is 11.3 Å². The van der Waals surface area contributed by atoms with Gasteiger partial charge in [0.2, 0.25) is 0 Å². The van der Waals surface area contributed by atoms with Crippen molar-refractivity contribution in [2.75, 3.05) is 0 Å². The summed E-state index contributed by atoms with van der Waals surface area (Å²) in [5.41, 5.74) is 3.05. The van der Waals surface area contributed by atoms with Crippen molar-refractivity contribution < 1.29 is 30.0 Å². The number of para-hydroxylation sites is 1. The zero-order valence-electron chi connectivity index (χ0n) is 17.8. The van der Waals surface area contributed by atoms with Gasteiger partial charge < -0.3 is 5.11 Å². The molecule has 0 saturated carbocycles. The molecule has 1 radical (unpaired) electrons. The molecule has 1 heterocycles. The predicted octanol–water partition coefficient (Wildman–Crippen LogP) is 7.04. The van der Waals surface area contributed by atoms with Gasteiger partial charge in [0.1, 0.15) is 0 Å². The maximum atomic E-state index is 10.0. The SMILES string of the molecule is CC(=O)C=C(C)O.[Ir].[c-]1cc2ccccc2cc1-c1nc2ccccc2c2ccccc12. The van der Waals surface area contributed by atoms with Gasteiger partial charge in [-0.25, -0.2) is 0 Å². The molecule has 0 aliphatic heterocycles. The molecule has 0 spiro atoms. The third-order valence-electron chi connectivity index (χ3n) is 4.95. The summed E-state index contributed by atoms with van der Waals surface area (Å²) in [7, 11) is 0. The molecule has 0 atom stereocenters. The van der Waals surface area contributed by atoms with Crippen molar-refractivity contribution in [1.29, 1.82) is 0 Å². The summed E-state index contributed by atoms with van der Waals surface area (Å²) in [4.78, 5) is 15.0. The molecular weight excluding hydrogens is 575 g/mol. The first-order chi connectivity index (χ1) is 15.0. The van der Waals surface area contributed by atoms with Gasteiger partial charge in [-0.05, 0) is 36.4 Å². The number of fused-ring (bicyclic) bond motifs is 4. The Kier molecular flexibility index (Phi) is 7.53. The van der Waals surface area contributed by atoms with Crippen molar-refractivity contribution in [1.82, 2.24) is 4.98 Å². The smallest absolute Gasteiger partial charge is 0.155 e. The summed E-state index contributed by atoms with van der Waals surface area (Å²) in [5.74, 6) is -0.0625. The van der Waals surface area contributed by atoms with Gasteiger partial charge in [0, 0.05) is 31.6 Å². The number of hydrogen-bond acceptors (Lipinski definition) is 3. The van der Waals surface area contributed by atoms with Gasteiger partial charge in [0.25, 0.3) is 0 Å². The van der Waals surface area contributed by atoms with Crippen LogP contribution in [-0.4, -0.2) is 15.9 Å². The van der Waals surface area contributed by atoms with Crippen LogP contribution in [0.2, 0.25) is 0 Å². The molecule has 4 heteroatoms. The van der Waals surface area contributed by atoms with E-state index in [1.165, 1.54) is 46.9 Å². The van der Waals surface area contributed by atoms with Crippen LogP contribution >= 0.6 is 0 Å². The Morgan fingerprint density at radius 1 is 0.844 bits per heavy atom. The Morgan fingerprint density at radius 3 is 2.09 bits per heavy atom. The van der Waals surface area contributed by atoms with Crippen LogP contribution in [0.3, 0.4) is 0 Å². The summed E-state index contributed by atoms with van der Waals surface area (Å²) in [5, 5.41) is 14.4. The molecule has 0 bridgehead atoms. The number of pyridine rings is 1. The van der Waals surface area contributed by atoms with Gasteiger partial charge in [-0.15, -0.1) is 29.1 Å². The van der Waals surface area contributed by atoms with Crippen molar-refractivity contribution in [3.8, 4) is 11.3 Å². The number of aromatic nitrogens is 1. The summed E-state index contributed by atoms with van der Waals surface area (Å²) < 4.78 is 0. The quantitative estimate of drug-likeness (QED) is 0.103. The number of carbonyl (C=O) groups excluding carboxylic acids is 1. The normalized spacial score (nSPS) is 11.0. The Morgan fingerprint density at radius 2 is 1.44 bits per heavy atom. The van der Waals surface area contributed by atoms with Crippen LogP contribution < -0.4 is 0 Å². The van der Waals surface area contributed by atoms with Gasteiger partial charge >= 0.3 is 0 Å². The van der Waals surface area contributed by atoms with Crippen LogP contribution in [0, 0.1) is 6.07 Å². The molecule has 0 saturated heterocycles. The minimum Gasteiger partial charge on any atom is -0.512 e. The van der Waals surface area contributed by atoms with Crippen LogP contribution in [0.5, 0.6) is 0 Å². The fourth-order valence-electron chi connectivity index (χ4n) is 3.67. The molecule has 3 nitrogen and oxygen atoms in total. The molecule has 0 unspecified atom stereocenters. The monoisotopic (exact) mass is 597 g/mol. The predicted molar refractivity (Wildman–Crippen MR) is 128 cm³/mol. The number of aliphatic hydroxyl groups excluding tert-OH is 1. The Labute approximate surface area is 200 Å². The Hall–Kier alpha value is -3.33. The number of aliphatic hydroxyl groups is 1. The first-order valence-electron chi connectivity index (χ1n) is 10.1. The maximum absolute atomic E-state index is 10.0. The van der Waals surface area contributed by atoms with E-state index in [9.17, 15) is 4.79 Å². The van der Waals surface area contributed by atoms with E-state index in [4.69, 9.17) is 10.1 Å². The van der Waals surface area contributed by atoms with Crippen molar-refractivity contribution in [2.45, 2.75) is 13.8 Å². The van der Waals surface area contributed by atoms with Crippen LogP contribution in [0.1, 0.15) is 13.8 Å². The molecular formula is C28H22IrNO2-. The first kappa shape index (κ1) is 23.3. The van der Waals surface area contributed by atoms with E-state index in [0.29, 0.717) is 0 Å². The number of allylic oxidation sites excluding steroid dienone is 2. The molecule has 0 amide bonds. The minimum absolute atomic E-state index is 0. The molecule has 0 aliphatic rings. The van der Waals surface area contributed by atoms with Crippen LogP contribution in [0.15, 0.2) is 96.8 Å². The third-order valence-corrected chi connectivity index (χ3v) is 4.95. The zero-order valence-corrected chi connectivity index (χ0v) is 20.2. The van der Waals surface area contributed by atoms with Crippen LogP contribution in [0.25, 0.3) is 43.7 Å². The number of nitrogens with zero attached hydrogens (tertiary/aromatic N) is 1. The Bertz CT molecular complexity index is 1440. The summed E-state index contributed by atoms with van der Waals surface area (Å²) in [6, 6.07) is 32.8. The fraction of sp³-hybridized carbons (Fsp3) is 0.0714. The van der Waals surface area contributed by atoms with Crippen LogP contribution in [-0.2, 0) is 24.9 Å². The number of rotatable bonds is 2. The van der Waals surface area contributed by atoms with Crippen molar-refractivity contribution in [3.63, 3.8) is 0 Å². The molecule has 161 valence electrons. The standard InChI is InChI=1S/C23H14N.C5H8O2.Ir/c1-2-8-17-15-18(14-13-16(17)7-1)23-21-11-4-3-9-19(21)20-10-5-6-12-22(20)24-23;1-4(6)3-5(2)7;/h1-13,15H;3,6H,1-2H3;/q-1;;. The molecule has 0 fully saturated rings. The van der Waals surface area contributed by atoms with Crippen molar-refractivity contribution in [3.05, 3.63) is 103 Å². The number of ketones is 1. The van der Waals surface area contributed by atoms with E-state index >= 15 is 0 Å². The van der Waals surface area contributed by atoms with Crippen molar-refractivity contribution >= 4 is 38.2 Å². The van der Waals surface area contributed by atoms with Crippen molar-refractivity contribution in [2.24, 2.45) is 0 Å². The fourth-order valence-corrected chi connectivity index (χ4v) is 3.67. The van der Waals surface area contributed by atoms with E-state index in [2.05, 4.69) is 84.9 Å². The Balaban J connectivity index is 0.000000318. The summed E-state index contributed by atoms with van der Waals surface area (Å²) in [6.45, 7) is 2.85. The molecule has 1 N–H and O–H groups in total. The van der Waals surface area contributed by atoms with E-state index in [1.54, 1.807) is 0 Å². The molecule has 32 heavy (non-hydrogen) atoms. The van der Waals surface area contributed by atoms with E-state index in [-0.39, 0.29) is 31.6 Å². The topological polar surface area (TPSA) is 50.2 Å². The first-order valence-corrected chi connectivity index (χ1v) is 10.1. The van der Waals surface area contributed by atoms with E-state index < -0.39 is 0 Å². The zero-order chi connectivity index (χ0) is 21.8. The molecule has 5 rings (SSSR count). The maximum Gasteiger partial charge on any atom is 0.155 e. The van der Waals surface area contributed by atoms with Gasteiger partial charge in [-0.3, -0.25) is 9.78 Å². The molecule has 5 aromatic rings. The third kappa shape index (κ3) is 5.11. The largest absolute Gasteiger partial charge is 0.512 e. The molecule has 1 aromatic heterocycles.